The largest absolute Gasteiger partial charge is 0.383 e. The molecule has 0 saturated heterocycles. The Morgan fingerprint density at radius 1 is 1.33 bits per heavy atom. The van der Waals surface area contributed by atoms with Gasteiger partial charge in [-0.25, -0.2) is 0 Å². The first kappa shape index (κ1) is 12.9. The lowest BCUT2D eigenvalue weighted by Crippen LogP contribution is -2.55. The second kappa shape index (κ2) is 5.83. The molecule has 0 heterocycles. The fraction of sp³-hybridized carbons (Fsp3) is 1.00. The molecule has 0 amide bonds. The summed E-state index contributed by atoms with van der Waals surface area (Å²) in [4.78, 5) is 2.55. The summed E-state index contributed by atoms with van der Waals surface area (Å²) in [5.74, 6) is 0. The van der Waals surface area contributed by atoms with Gasteiger partial charge < -0.3 is 10.5 Å². The molecule has 3 nitrogen and oxygen atoms in total. The third kappa shape index (κ3) is 2.92. The zero-order valence-electron chi connectivity index (χ0n) is 10.5. The molecule has 0 aliphatic heterocycles. The number of hydrogen-bond donors (Lipinski definition) is 1. The van der Waals surface area contributed by atoms with Gasteiger partial charge in [0.15, 0.2) is 0 Å². The first-order chi connectivity index (χ1) is 7.16. The maximum atomic E-state index is 6.00. The van der Waals surface area contributed by atoms with Crippen molar-refractivity contribution >= 4 is 0 Å². The van der Waals surface area contributed by atoms with Crippen LogP contribution < -0.4 is 5.73 Å². The maximum Gasteiger partial charge on any atom is 0.0590 e. The highest BCUT2D eigenvalue weighted by Gasteiger charge is 2.39. The number of nitrogens with two attached hydrogens (primary N) is 1. The number of methoxy groups -OCH3 is 1. The van der Waals surface area contributed by atoms with Crippen molar-refractivity contribution in [2.24, 2.45) is 5.73 Å². The van der Waals surface area contributed by atoms with E-state index in [0.717, 1.165) is 19.7 Å². The van der Waals surface area contributed by atoms with Crippen molar-refractivity contribution < 1.29 is 4.74 Å². The molecular weight excluding hydrogens is 188 g/mol. The minimum Gasteiger partial charge on any atom is -0.383 e. The summed E-state index contributed by atoms with van der Waals surface area (Å²) in [5, 5.41) is 0. The van der Waals surface area contributed by atoms with E-state index in [2.05, 4.69) is 18.7 Å². The predicted octanol–water partition coefficient (Wildman–Crippen LogP) is 1.61. The number of hydrogen-bond acceptors (Lipinski definition) is 3. The molecule has 0 unspecified atom stereocenters. The smallest absolute Gasteiger partial charge is 0.0590 e. The molecule has 2 N–H and O–H groups in total. The monoisotopic (exact) mass is 214 g/mol. The van der Waals surface area contributed by atoms with Crippen LogP contribution in [0, 0.1) is 0 Å². The lowest BCUT2D eigenvalue weighted by molar-refractivity contribution is 0.0378. The number of nitrogens with zero attached hydrogens (tertiary/aromatic N) is 1. The average Bonchev–Trinajstić information content (AvgIpc) is 2.68. The third-order valence-corrected chi connectivity index (χ3v) is 3.68. The van der Waals surface area contributed by atoms with Crippen LogP contribution in [-0.4, -0.2) is 43.3 Å². The Labute approximate surface area is 94.0 Å². The van der Waals surface area contributed by atoms with Gasteiger partial charge in [0.05, 0.1) is 6.61 Å². The lowest BCUT2D eigenvalue weighted by Gasteiger charge is -2.43. The number of ether oxygens (including phenoxy) is 1. The van der Waals surface area contributed by atoms with Crippen LogP contribution in [0.2, 0.25) is 0 Å². The van der Waals surface area contributed by atoms with E-state index in [0.29, 0.717) is 6.04 Å². The summed E-state index contributed by atoms with van der Waals surface area (Å²) in [6.45, 7) is 7.11. The summed E-state index contributed by atoms with van der Waals surface area (Å²) in [7, 11) is 1.77. The SMILES string of the molecule is COCCN(C(C)C)C1(CN)CCCC1. The minimum absolute atomic E-state index is 0.257. The Morgan fingerprint density at radius 3 is 2.33 bits per heavy atom. The first-order valence-corrected chi connectivity index (χ1v) is 6.12. The number of rotatable bonds is 6. The van der Waals surface area contributed by atoms with Crippen molar-refractivity contribution in [3.63, 3.8) is 0 Å². The molecular formula is C12H26N2O. The van der Waals surface area contributed by atoms with Gasteiger partial charge in [0.2, 0.25) is 0 Å². The molecule has 1 saturated carbocycles. The quantitative estimate of drug-likeness (QED) is 0.730. The molecule has 0 spiro atoms. The van der Waals surface area contributed by atoms with Crippen molar-refractivity contribution in [2.45, 2.75) is 51.1 Å². The van der Waals surface area contributed by atoms with Crippen molar-refractivity contribution in [3.05, 3.63) is 0 Å². The lowest BCUT2D eigenvalue weighted by atomic mass is 9.93. The van der Waals surface area contributed by atoms with Gasteiger partial charge in [0.1, 0.15) is 0 Å². The van der Waals surface area contributed by atoms with Crippen LogP contribution in [0.5, 0.6) is 0 Å². The molecule has 90 valence electrons. The summed E-state index contributed by atoms with van der Waals surface area (Å²) < 4.78 is 5.19. The van der Waals surface area contributed by atoms with E-state index in [1.165, 1.54) is 25.7 Å². The first-order valence-electron chi connectivity index (χ1n) is 6.12. The summed E-state index contributed by atoms with van der Waals surface area (Å²) in [6.07, 6.45) is 5.16. The fourth-order valence-corrected chi connectivity index (χ4v) is 2.87. The van der Waals surface area contributed by atoms with Crippen molar-refractivity contribution in [2.75, 3.05) is 26.8 Å². The molecule has 1 aliphatic carbocycles. The van der Waals surface area contributed by atoms with E-state index in [1.807, 2.05) is 0 Å². The predicted molar refractivity (Wildman–Crippen MR) is 64.0 cm³/mol. The maximum absolute atomic E-state index is 6.00. The van der Waals surface area contributed by atoms with Gasteiger partial charge in [-0.2, -0.15) is 0 Å². The molecule has 15 heavy (non-hydrogen) atoms. The molecule has 0 radical (unpaired) electrons. The molecule has 0 aromatic rings. The van der Waals surface area contributed by atoms with Crippen LogP contribution in [-0.2, 0) is 4.74 Å². The Hall–Kier alpha value is -0.120. The van der Waals surface area contributed by atoms with E-state index in [-0.39, 0.29) is 5.54 Å². The van der Waals surface area contributed by atoms with Gasteiger partial charge in [-0.15, -0.1) is 0 Å². The second-order valence-corrected chi connectivity index (χ2v) is 4.92. The van der Waals surface area contributed by atoms with Gasteiger partial charge >= 0.3 is 0 Å². The fourth-order valence-electron chi connectivity index (χ4n) is 2.87. The Bertz CT molecular complexity index is 176. The van der Waals surface area contributed by atoms with Crippen LogP contribution in [0.4, 0.5) is 0 Å². The van der Waals surface area contributed by atoms with Crippen LogP contribution in [0.25, 0.3) is 0 Å². The van der Waals surface area contributed by atoms with Crippen molar-refractivity contribution in [3.8, 4) is 0 Å². The highest BCUT2D eigenvalue weighted by molar-refractivity contribution is 4.96. The molecule has 0 aromatic carbocycles. The Morgan fingerprint density at radius 2 is 1.93 bits per heavy atom. The van der Waals surface area contributed by atoms with E-state index < -0.39 is 0 Å². The van der Waals surface area contributed by atoms with E-state index >= 15 is 0 Å². The van der Waals surface area contributed by atoms with E-state index in [4.69, 9.17) is 10.5 Å². The highest BCUT2D eigenvalue weighted by atomic mass is 16.5. The molecule has 1 fully saturated rings. The van der Waals surface area contributed by atoms with Crippen LogP contribution in [0.15, 0.2) is 0 Å². The molecule has 3 heteroatoms. The molecule has 0 atom stereocenters. The van der Waals surface area contributed by atoms with Gasteiger partial charge in [-0.1, -0.05) is 12.8 Å². The van der Waals surface area contributed by atoms with Crippen molar-refractivity contribution in [1.29, 1.82) is 0 Å². The molecule has 0 bridgehead atoms. The van der Waals surface area contributed by atoms with E-state index in [1.54, 1.807) is 7.11 Å². The standard InChI is InChI=1S/C12H26N2O/c1-11(2)14(8-9-15-3)12(10-13)6-4-5-7-12/h11H,4-10,13H2,1-3H3. The summed E-state index contributed by atoms with van der Waals surface area (Å²) >= 11 is 0. The Kier molecular flexibility index (Phi) is 5.03. The second-order valence-electron chi connectivity index (χ2n) is 4.92. The molecule has 1 rings (SSSR count). The van der Waals surface area contributed by atoms with Gasteiger partial charge in [0, 0.05) is 31.8 Å². The zero-order valence-corrected chi connectivity index (χ0v) is 10.5. The van der Waals surface area contributed by atoms with Gasteiger partial charge in [-0.05, 0) is 26.7 Å². The average molecular weight is 214 g/mol. The minimum atomic E-state index is 0.257. The third-order valence-electron chi connectivity index (χ3n) is 3.68. The summed E-state index contributed by atoms with van der Waals surface area (Å²) in [5.41, 5.74) is 6.25. The normalized spacial score (nSPS) is 20.4. The zero-order chi connectivity index (χ0) is 11.3. The Balaban J connectivity index is 2.66. The highest BCUT2D eigenvalue weighted by Crippen LogP contribution is 2.35. The van der Waals surface area contributed by atoms with E-state index in [9.17, 15) is 0 Å². The molecule has 0 aromatic heterocycles. The van der Waals surface area contributed by atoms with Gasteiger partial charge in [-0.3, -0.25) is 4.90 Å². The van der Waals surface area contributed by atoms with Crippen LogP contribution >= 0.6 is 0 Å². The molecule has 1 aliphatic rings. The summed E-state index contributed by atoms with van der Waals surface area (Å²) in [6, 6.07) is 0.557. The van der Waals surface area contributed by atoms with Crippen LogP contribution in [0.3, 0.4) is 0 Å². The van der Waals surface area contributed by atoms with Crippen molar-refractivity contribution in [1.82, 2.24) is 4.90 Å². The topological polar surface area (TPSA) is 38.5 Å². The van der Waals surface area contributed by atoms with Gasteiger partial charge in [0.25, 0.3) is 0 Å². The van der Waals surface area contributed by atoms with Crippen LogP contribution in [0.1, 0.15) is 39.5 Å².